The maximum atomic E-state index is 3.30. The smallest absolute Gasteiger partial charge is 0.0179 e. The average molecular weight is 149 g/mol. The van der Waals surface area contributed by atoms with Crippen LogP contribution in [-0.4, -0.2) is 4.98 Å². The third-order valence-corrected chi connectivity index (χ3v) is 2.82. The summed E-state index contributed by atoms with van der Waals surface area (Å²) in [6.07, 6.45) is 7.35. The maximum Gasteiger partial charge on any atom is 0.0179 e. The summed E-state index contributed by atoms with van der Waals surface area (Å²) in [5.41, 5.74) is 3.04. The van der Waals surface area contributed by atoms with Crippen LogP contribution in [0, 0.1) is 5.92 Å². The highest BCUT2D eigenvalue weighted by Gasteiger charge is 2.16. The van der Waals surface area contributed by atoms with E-state index in [1.54, 1.807) is 5.56 Å². The molecule has 1 aromatic rings. The van der Waals surface area contributed by atoms with E-state index in [-0.39, 0.29) is 0 Å². The second-order valence-corrected chi connectivity index (χ2v) is 3.50. The fraction of sp³-hybridized carbons (Fsp3) is 0.600. The number of H-pyrrole nitrogens is 1. The molecular weight excluding hydrogens is 134 g/mol. The van der Waals surface area contributed by atoms with Gasteiger partial charge in [-0.3, -0.25) is 0 Å². The Morgan fingerprint density at radius 3 is 3.36 bits per heavy atom. The van der Waals surface area contributed by atoms with E-state index in [0.717, 1.165) is 5.92 Å². The van der Waals surface area contributed by atoms with Crippen molar-refractivity contribution in [2.75, 3.05) is 0 Å². The van der Waals surface area contributed by atoms with Crippen molar-refractivity contribution in [2.24, 2.45) is 5.92 Å². The molecule has 1 aromatic heterocycles. The van der Waals surface area contributed by atoms with Crippen molar-refractivity contribution >= 4 is 0 Å². The van der Waals surface area contributed by atoms with Crippen LogP contribution in [0.1, 0.15) is 31.0 Å². The van der Waals surface area contributed by atoms with Crippen LogP contribution < -0.4 is 0 Å². The Morgan fingerprint density at radius 2 is 2.55 bits per heavy atom. The van der Waals surface area contributed by atoms with E-state index in [2.05, 4.69) is 24.2 Å². The minimum Gasteiger partial charge on any atom is -0.365 e. The number of hydrogen-bond acceptors (Lipinski definition) is 0. The van der Waals surface area contributed by atoms with Crippen molar-refractivity contribution in [1.82, 2.24) is 4.98 Å². The largest absolute Gasteiger partial charge is 0.365 e. The molecule has 60 valence electrons. The highest BCUT2D eigenvalue weighted by atomic mass is 14.7. The van der Waals surface area contributed by atoms with Gasteiger partial charge in [0.25, 0.3) is 0 Å². The number of rotatable bonds is 1. The lowest BCUT2D eigenvalue weighted by Crippen LogP contribution is -2.12. The van der Waals surface area contributed by atoms with Crippen LogP contribution in [0.4, 0.5) is 0 Å². The van der Waals surface area contributed by atoms with Crippen molar-refractivity contribution in [2.45, 2.75) is 32.6 Å². The van der Waals surface area contributed by atoms with E-state index in [1.807, 2.05) is 0 Å². The molecule has 0 radical (unpaired) electrons. The first-order valence-electron chi connectivity index (χ1n) is 4.55. The van der Waals surface area contributed by atoms with Gasteiger partial charge in [-0.05, 0) is 36.8 Å². The van der Waals surface area contributed by atoms with E-state index in [1.165, 1.54) is 31.4 Å². The fourth-order valence-electron chi connectivity index (χ4n) is 1.97. The van der Waals surface area contributed by atoms with Gasteiger partial charge in [0, 0.05) is 11.9 Å². The molecule has 1 aliphatic rings. The Morgan fingerprint density at radius 1 is 1.64 bits per heavy atom. The number of nitrogens with one attached hydrogen (secondary N) is 1. The summed E-state index contributed by atoms with van der Waals surface area (Å²) in [7, 11) is 0. The van der Waals surface area contributed by atoms with E-state index in [9.17, 15) is 0 Å². The second-order valence-electron chi connectivity index (χ2n) is 3.50. The predicted octanol–water partition coefficient (Wildman–Crippen LogP) is 2.53. The molecule has 0 bridgehead atoms. The molecule has 1 nitrogen and oxygen atoms in total. The number of aromatic amines is 1. The predicted molar refractivity (Wildman–Crippen MR) is 46.6 cm³/mol. The highest BCUT2D eigenvalue weighted by molar-refractivity contribution is 5.23. The summed E-state index contributed by atoms with van der Waals surface area (Å²) in [5.74, 6) is 0.943. The van der Waals surface area contributed by atoms with Crippen LogP contribution in [-0.2, 0) is 12.8 Å². The summed E-state index contributed by atoms with van der Waals surface area (Å²) >= 11 is 0. The lowest BCUT2D eigenvalue weighted by Gasteiger charge is -2.20. The molecule has 2 rings (SSSR count). The van der Waals surface area contributed by atoms with E-state index in [0.29, 0.717) is 0 Å². The molecule has 0 aliphatic heterocycles. The summed E-state index contributed by atoms with van der Waals surface area (Å²) in [6, 6.07) is 2.23. The summed E-state index contributed by atoms with van der Waals surface area (Å²) < 4.78 is 0. The van der Waals surface area contributed by atoms with Crippen LogP contribution in [0.2, 0.25) is 0 Å². The Labute approximate surface area is 67.8 Å². The van der Waals surface area contributed by atoms with Gasteiger partial charge in [0.05, 0.1) is 0 Å². The van der Waals surface area contributed by atoms with Gasteiger partial charge in [-0.1, -0.05) is 13.3 Å². The van der Waals surface area contributed by atoms with Crippen molar-refractivity contribution in [1.29, 1.82) is 0 Å². The van der Waals surface area contributed by atoms with Crippen LogP contribution in [0.3, 0.4) is 0 Å². The first-order valence-corrected chi connectivity index (χ1v) is 4.55. The normalized spacial score (nSPS) is 23.2. The molecule has 1 heteroatoms. The van der Waals surface area contributed by atoms with Gasteiger partial charge in [0.2, 0.25) is 0 Å². The quantitative estimate of drug-likeness (QED) is 0.631. The van der Waals surface area contributed by atoms with Gasteiger partial charge in [-0.25, -0.2) is 0 Å². The summed E-state index contributed by atoms with van der Waals surface area (Å²) in [5, 5.41) is 0. The van der Waals surface area contributed by atoms with Crippen LogP contribution in [0.25, 0.3) is 0 Å². The van der Waals surface area contributed by atoms with Crippen LogP contribution >= 0.6 is 0 Å². The molecular formula is C10H15N. The lowest BCUT2D eigenvalue weighted by molar-refractivity contribution is 0.443. The van der Waals surface area contributed by atoms with Crippen molar-refractivity contribution < 1.29 is 0 Å². The van der Waals surface area contributed by atoms with Crippen molar-refractivity contribution in [3.8, 4) is 0 Å². The molecule has 1 heterocycles. The standard InChI is InChI=1S/C10H15N/c1-2-8-3-4-10-9(7-8)5-6-11-10/h5-6,8,11H,2-4,7H2,1H3. The Bertz CT molecular complexity index is 237. The number of aromatic nitrogens is 1. The van der Waals surface area contributed by atoms with Gasteiger partial charge >= 0.3 is 0 Å². The monoisotopic (exact) mass is 149 g/mol. The van der Waals surface area contributed by atoms with Gasteiger partial charge in [-0.15, -0.1) is 0 Å². The number of fused-ring (bicyclic) bond motifs is 1. The Kier molecular flexibility index (Phi) is 1.72. The van der Waals surface area contributed by atoms with Crippen LogP contribution in [0.5, 0.6) is 0 Å². The minimum absolute atomic E-state index is 0.943. The fourth-order valence-corrected chi connectivity index (χ4v) is 1.97. The average Bonchev–Trinajstić information content (AvgIpc) is 2.50. The second kappa shape index (κ2) is 2.72. The zero-order valence-corrected chi connectivity index (χ0v) is 7.06. The topological polar surface area (TPSA) is 15.8 Å². The van der Waals surface area contributed by atoms with Gasteiger partial charge in [0.1, 0.15) is 0 Å². The molecule has 0 saturated heterocycles. The van der Waals surface area contributed by atoms with E-state index in [4.69, 9.17) is 0 Å². The molecule has 0 saturated carbocycles. The molecule has 1 unspecified atom stereocenters. The zero-order chi connectivity index (χ0) is 7.68. The van der Waals surface area contributed by atoms with E-state index < -0.39 is 0 Å². The third-order valence-electron chi connectivity index (χ3n) is 2.82. The maximum absolute atomic E-state index is 3.30. The van der Waals surface area contributed by atoms with Gasteiger partial charge < -0.3 is 4.98 Å². The molecule has 0 aromatic carbocycles. The number of aryl methyl sites for hydroxylation is 1. The van der Waals surface area contributed by atoms with Gasteiger partial charge in [-0.2, -0.15) is 0 Å². The molecule has 0 fully saturated rings. The van der Waals surface area contributed by atoms with Crippen molar-refractivity contribution in [3.63, 3.8) is 0 Å². The third kappa shape index (κ3) is 1.20. The zero-order valence-electron chi connectivity index (χ0n) is 7.06. The Balaban J connectivity index is 2.18. The van der Waals surface area contributed by atoms with Crippen LogP contribution in [0.15, 0.2) is 12.3 Å². The summed E-state index contributed by atoms with van der Waals surface area (Å²) in [6.45, 7) is 2.29. The SMILES string of the molecule is CCC1CCc2[nH]ccc2C1. The molecule has 11 heavy (non-hydrogen) atoms. The molecule has 1 N–H and O–H groups in total. The van der Waals surface area contributed by atoms with E-state index >= 15 is 0 Å². The minimum atomic E-state index is 0.943. The number of hydrogen-bond donors (Lipinski definition) is 1. The molecule has 0 amide bonds. The van der Waals surface area contributed by atoms with Gasteiger partial charge in [0.15, 0.2) is 0 Å². The molecule has 0 spiro atoms. The van der Waals surface area contributed by atoms with Crippen molar-refractivity contribution in [3.05, 3.63) is 23.5 Å². The molecule has 1 atom stereocenters. The summed E-state index contributed by atoms with van der Waals surface area (Å²) in [4.78, 5) is 3.30. The molecule has 1 aliphatic carbocycles. The first-order chi connectivity index (χ1) is 5.40. The Hall–Kier alpha value is -0.720. The first kappa shape index (κ1) is 6.96. The highest BCUT2D eigenvalue weighted by Crippen LogP contribution is 2.26. The lowest BCUT2D eigenvalue weighted by atomic mass is 9.86.